The molecule has 0 spiro atoms. The minimum atomic E-state index is -0.193. The first-order valence-electron chi connectivity index (χ1n) is 10.2. The van der Waals surface area contributed by atoms with E-state index < -0.39 is 0 Å². The lowest BCUT2D eigenvalue weighted by Gasteiger charge is -2.07. The maximum Gasteiger partial charge on any atom is 0.277 e. The first kappa shape index (κ1) is 22.9. The van der Waals surface area contributed by atoms with Crippen LogP contribution in [0.5, 0.6) is 5.75 Å². The Morgan fingerprint density at radius 1 is 1.12 bits per heavy atom. The third-order valence-electron chi connectivity index (χ3n) is 4.80. The minimum Gasteiger partial charge on any atom is -0.482 e. The van der Waals surface area contributed by atoms with Crippen LogP contribution in [-0.2, 0) is 11.4 Å². The van der Waals surface area contributed by atoms with Gasteiger partial charge in [0.2, 0.25) is 5.91 Å². The number of hydrogen-bond donors (Lipinski definition) is 1. The fourth-order valence-electron chi connectivity index (χ4n) is 3.12. The quantitative estimate of drug-likeness (QED) is 0.346. The monoisotopic (exact) mass is 483 g/mol. The van der Waals surface area contributed by atoms with E-state index in [-0.39, 0.29) is 23.5 Å². The second-order valence-corrected chi connectivity index (χ2v) is 8.64. The number of carbonyl (C=O) groups is 1. The fraction of sp³-hybridized carbons (Fsp3) is 0.217. The van der Waals surface area contributed by atoms with E-state index in [2.05, 4.69) is 20.6 Å². The number of para-hydroxylation sites is 1. The lowest BCUT2D eigenvalue weighted by molar-refractivity contribution is -0.113. The summed E-state index contributed by atoms with van der Waals surface area (Å²) in [7, 11) is 0. The largest absolute Gasteiger partial charge is 0.482 e. The highest BCUT2D eigenvalue weighted by Crippen LogP contribution is 2.26. The van der Waals surface area contributed by atoms with Crippen LogP contribution in [0.1, 0.15) is 22.8 Å². The van der Waals surface area contributed by atoms with Crippen LogP contribution < -0.4 is 10.1 Å². The Balaban J connectivity index is 1.33. The van der Waals surface area contributed by atoms with Gasteiger partial charge in [-0.15, -0.1) is 10.2 Å². The summed E-state index contributed by atoms with van der Waals surface area (Å²) in [4.78, 5) is 12.5. The number of aromatic nitrogens is 4. The zero-order valence-corrected chi connectivity index (χ0v) is 19.9. The van der Waals surface area contributed by atoms with Crippen molar-refractivity contribution in [2.75, 3.05) is 11.1 Å². The number of aryl methyl sites for hydroxylation is 2. The number of rotatable bonds is 8. The number of thioether (sulfide) groups is 1. The standard InChI is InChI=1S/C23H22ClN5O3S/c1-14-8-10-17(11-9-14)29-16(3)22(15(2)28-29)25-20(30)13-33-23-27-26-21(32-23)12-31-19-7-5-4-6-18(19)24/h4-11H,12-13H2,1-3H3,(H,25,30). The summed E-state index contributed by atoms with van der Waals surface area (Å²) in [6, 6.07) is 15.2. The molecule has 33 heavy (non-hydrogen) atoms. The molecular formula is C23H22ClN5O3S. The summed E-state index contributed by atoms with van der Waals surface area (Å²) in [6.07, 6.45) is 0. The van der Waals surface area contributed by atoms with E-state index in [1.807, 2.05) is 61.9 Å². The number of benzene rings is 2. The molecule has 0 aliphatic heterocycles. The SMILES string of the molecule is Cc1ccc(-n2nc(C)c(NC(=O)CSc3nnc(COc4ccccc4Cl)o3)c2C)cc1. The van der Waals surface area contributed by atoms with Gasteiger partial charge in [0.05, 0.1) is 33.5 Å². The summed E-state index contributed by atoms with van der Waals surface area (Å²) in [5.74, 6) is 0.746. The average molecular weight is 484 g/mol. The Hall–Kier alpha value is -3.30. The highest BCUT2D eigenvalue weighted by atomic mass is 35.5. The van der Waals surface area contributed by atoms with Crippen molar-refractivity contribution in [2.45, 2.75) is 32.6 Å². The second kappa shape index (κ2) is 10.1. The number of nitrogens with zero attached hydrogens (tertiary/aromatic N) is 4. The topological polar surface area (TPSA) is 95.1 Å². The Labute approximate surface area is 200 Å². The van der Waals surface area contributed by atoms with E-state index in [0.717, 1.165) is 28.8 Å². The molecule has 2 aromatic carbocycles. The lowest BCUT2D eigenvalue weighted by atomic mass is 10.2. The number of hydrogen-bond acceptors (Lipinski definition) is 7. The minimum absolute atomic E-state index is 0.0834. The highest BCUT2D eigenvalue weighted by molar-refractivity contribution is 7.99. The van der Waals surface area contributed by atoms with E-state index in [4.69, 9.17) is 20.8 Å². The van der Waals surface area contributed by atoms with Gasteiger partial charge in [-0.2, -0.15) is 5.10 Å². The van der Waals surface area contributed by atoms with Crippen LogP contribution in [0.15, 0.2) is 58.2 Å². The molecule has 4 rings (SSSR count). The van der Waals surface area contributed by atoms with Crippen LogP contribution in [0.3, 0.4) is 0 Å². The third kappa shape index (κ3) is 5.55. The van der Waals surface area contributed by atoms with Gasteiger partial charge in [0.1, 0.15) is 5.75 Å². The normalized spacial score (nSPS) is 10.9. The fourth-order valence-corrected chi connectivity index (χ4v) is 3.89. The first-order valence-corrected chi connectivity index (χ1v) is 11.5. The summed E-state index contributed by atoms with van der Waals surface area (Å²) < 4.78 is 12.9. The van der Waals surface area contributed by atoms with Crippen molar-refractivity contribution in [3.05, 3.63) is 76.4 Å². The summed E-state index contributed by atoms with van der Waals surface area (Å²) in [5.41, 5.74) is 4.40. The van der Waals surface area contributed by atoms with Gasteiger partial charge in [0, 0.05) is 0 Å². The van der Waals surface area contributed by atoms with Crippen LogP contribution in [-0.4, -0.2) is 31.6 Å². The zero-order valence-electron chi connectivity index (χ0n) is 18.3. The van der Waals surface area contributed by atoms with Crippen LogP contribution in [0, 0.1) is 20.8 Å². The number of amides is 1. The maximum absolute atomic E-state index is 12.5. The van der Waals surface area contributed by atoms with Crippen molar-refractivity contribution < 1.29 is 13.9 Å². The predicted octanol–water partition coefficient (Wildman–Crippen LogP) is 5.14. The molecule has 0 atom stereocenters. The second-order valence-electron chi connectivity index (χ2n) is 7.31. The molecule has 2 heterocycles. The Morgan fingerprint density at radius 2 is 1.88 bits per heavy atom. The molecule has 0 aliphatic carbocycles. The van der Waals surface area contributed by atoms with Gasteiger partial charge in [-0.25, -0.2) is 4.68 Å². The van der Waals surface area contributed by atoms with Crippen molar-refractivity contribution in [1.82, 2.24) is 20.0 Å². The molecule has 1 amide bonds. The van der Waals surface area contributed by atoms with E-state index in [0.29, 0.717) is 22.4 Å². The molecule has 0 aliphatic rings. The zero-order chi connectivity index (χ0) is 23.4. The molecule has 2 aromatic heterocycles. The predicted molar refractivity (Wildman–Crippen MR) is 127 cm³/mol. The Morgan fingerprint density at radius 3 is 2.64 bits per heavy atom. The van der Waals surface area contributed by atoms with E-state index in [1.165, 1.54) is 5.56 Å². The molecule has 1 N–H and O–H groups in total. The van der Waals surface area contributed by atoms with Gasteiger partial charge in [0.25, 0.3) is 11.1 Å². The van der Waals surface area contributed by atoms with Gasteiger partial charge < -0.3 is 14.5 Å². The van der Waals surface area contributed by atoms with E-state index in [9.17, 15) is 4.79 Å². The first-order chi connectivity index (χ1) is 15.9. The van der Waals surface area contributed by atoms with E-state index in [1.54, 1.807) is 12.1 Å². The molecule has 0 radical (unpaired) electrons. The summed E-state index contributed by atoms with van der Waals surface area (Å²) in [5, 5.41) is 16.2. The number of anilines is 1. The van der Waals surface area contributed by atoms with Gasteiger partial charge in [-0.1, -0.05) is 53.2 Å². The molecule has 0 unspecified atom stereocenters. The molecule has 170 valence electrons. The maximum atomic E-state index is 12.5. The molecule has 10 heteroatoms. The highest BCUT2D eigenvalue weighted by Gasteiger charge is 2.17. The van der Waals surface area contributed by atoms with Crippen molar-refractivity contribution in [2.24, 2.45) is 0 Å². The van der Waals surface area contributed by atoms with Gasteiger partial charge in [0.15, 0.2) is 6.61 Å². The van der Waals surface area contributed by atoms with Gasteiger partial charge in [-0.05, 0) is 45.0 Å². The molecule has 4 aromatic rings. The molecule has 0 fully saturated rings. The summed E-state index contributed by atoms with van der Waals surface area (Å²) in [6.45, 7) is 5.91. The van der Waals surface area contributed by atoms with Crippen molar-refractivity contribution in [3.8, 4) is 11.4 Å². The lowest BCUT2D eigenvalue weighted by Crippen LogP contribution is -2.15. The summed E-state index contributed by atoms with van der Waals surface area (Å²) >= 11 is 7.21. The van der Waals surface area contributed by atoms with Crippen molar-refractivity contribution in [3.63, 3.8) is 0 Å². The molecule has 0 bridgehead atoms. The van der Waals surface area contributed by atoms with Crippen LogP contribution in [0.25, 0.3) is 5.69 Å². The number of halogens is 1. The van der Waals surface area contributed by atoms with Crippen LogP contribution >= 0.6 is 23.4 Å². The smallest absolute Gasteiger partial charge is 0.277 e. The van der Waals surface area contributed by atoms with Gasteiger partial charge >= 0.3 is 0 Å². The van der Waals surface area contributed by atoms with Crippen molar-refractivity contribution in [1.29, 1.82) is 0 Å². The van der Waals surface area contributed by atoms with Crippen LogP contribution in [0.2, 0.25) is 5.02 Å². The van der Waals surface area contributed by atoms with Crippen molar-refractivity contribution >= 4 is 35.0 Å². The molecule has 0 saturated heterocycles. The average Bonchev–Trinajstić information content (AvgIpc) is 3.37. The Kier molecular flexibility index (Phi) is 7.00. The third-order valence-corrected chi connectivity index (χ3v) is 5.93. The number of carbonyl (C=O) groups excluding carboxylic acids is 1. The number of ether oxygens (including phenoxy) is 1. The molecule has 8 nitrogen and oxygen atoms in total. The van der Waals surface area contributed by atoms with Crippen LogP contribution in [0.4, 0.5) is 5.69 Å². The molecular weight excluding hydrogens is 462 g/mol. The van der Waals surface area contributed by atoms with Gasteiger partial charge in [-0.3, -0.25) is 4.79 Å². The number of nitrogens with one attached hydrogen (secondary N) is 1. The molecule has 0 saturated carbocycles. The Bertz CT molecular complexity index is 1270. The van der Waals surface area contributed by atoms with E-state index >= 15 is 0 Å².